The second kappa shape index (κ2) is 6.66. The first-order valence-electron chi connectivity index (χ1n) is 6.44. The summed E-state index contributed by atoms with van der Waals surface area (Å²) >= 11 is 3.28. The van der Waals surface area contributed by atoms with E-state index in [9.17, 15) is 10.1 Å². The Morgan fingerprint density at radius 1 is 1.48 bits per heavy atom. The van der Waals surface area contributed by atoms with Gasteiger partial charge >= 0.3 is 0 Å². The summed E-state index contributed by atoms with van der Waals surface area (Å²) in [7, 11) is 0. The quantitative estimate of drug-likeness (QED) is 0.485. The van der Waals surface area contributed by atoms with E-state index in [1.54, 1.807) is 0 Å². The van der Waals surface area contributed by atoms with Crippen molar-refractivity contribution in [2.75, 3.05) is 11.9 Å². The lowest BCUT2D eigenvalue weighted by Gasteiger charge is -2.07. The van der Waals surface area contributed by atoms with Gasteiger partial charge in [0.25, 0.3) is 5.69 Å². The normalized spacial score (nSPS) is 10.6. The van der Waals surface area contributed by atoms with Crippen LogP contribution in [0.2, 0.25) is 0 Å². The highest BCUT2D eigenvalue weighted by atomic mass is 79.9. The Kier molecular flexibility index (Phi) is 4.89. The van der Waals surface area contributed by atoms with Gasteiger partial charge < -0.3 is 9.84 Å². The van der Waals surface area contributed by atoms with E-state index < -0.39 is 4.92 Å². The number of pyridine rings is 1. The molecule has 2 aromatic heterocycles. The lowest BCUT2D eigenvalue weighted by atomic mass is 10.1. The average molecular weight is 355 g/mol. The van der Waals surface area contributed by atoms with Crippen molar-refractivity contribution in [2.45, 2.75) is 26.7 Å². The van der Waals surface area contributed by atoms with Gasteiger partial charge in [0, 0.05) is 18.2 Å². The van der Waals surface area contributed by atoms with Gasteiger partial charge in [-0.05, 0) is 42.6 Å². The lowest BCUT2D eigenvalue weighted by Crippen LogP contribution is -2.06. The predicted molar refractivity (Wildman–Crippen MR) is 81.4 cm³/mol. The molecule has 2 heterocycles. The van der Waals surface area contributed by atoms with Crippen LogP contribution in [-0.4, -0.2) is 21.6 Å². The number of nitrogens with one attached hydrogen (secondary N) is 1. The van der Waals surface area contributed by atoms with Crippen LogP contribution < -0.4 is 5.32 Å². The summed E-state index contributed by atoms with van der Waals surface area (Å²) in [6, 6.07) is 1.43. The number of anilines is 1. The molecule has 2 rings (SSSR count). The zero-order chi connectivity index (χ0) is 15.4. The average Bonchev–Trinajstić information content (AvgIpc) is 2.76. The van der Waals surface area contributed by atoms with Crippen molar-refractivity contribution in [3.63, 3.8) is 0 Å². The fraction of sp³-hybridized carbons (Fsp3) is 0.385. The highest BCUT2D eigenvalue weighted by molar-refractivity contribution is 9.10. The molecule has 0 saturated heterocycles. The third-order valence-corrected chi connectivity index (χ3v) is 3.72. The van der Waals surface area contributed by atoms with Crippen molar-refractivity contribution in [1.82, 2.24) is 10.1 Å². The number of rotatable bonds is 6. The molecule has 0 aliphatic rings. The number of aryl methyl sites for hydroxylation is 2. The largest absolute Gasteiger partial charge is 0.369 e. The number of hydrogen-bond donors (Lipinski definition) is 1. The third kappa shape index (κ3) is 3.78. The standard InChI is InChI=1S/C13H15BrN4O3/c1-8-11(9(2)21-17-8)4-3-5-15-13-12(14)6-10(7-16-13)18(19)20/h6-7H,3-5H2,1-2H3,(H,15,16). The first-order valence-corrected chi connectivity index (χ1v) is 7.24. The molecule has 0 aliphatic carbocycles. The van der Waals surface area contributed by atoms with E-state index in [2.05, 4.69) is 31.4 Å². The van der Waals surface area contributed by atoms with Gasteiger partial charge in [0.15, 0.2) is 0 Å². The fourth-order valence-electron chi connectivity index (χ4n) is 1.99. The van der Waals surface area contributed by atoms with Crippen LogP contribution in [0, 0.1) is 24.0 Å². The maximum absolute atomic E-state index is 10.6. The summed E-state index contributed by atoms with van der Waals surface area (Å²) in [5, 5.41) is 17.7. The summed E-state index contributed by atoms with van der Waals surface area (Å²) in [5.41, 5.74) is 2.01. The second-order valence-electron chi connectivity index (χ2n) is 4.61. The third-order valence-electron chi connectivity index (χ3n) is 3.11. The first-order chi connectivity index (χ1) is 9.99. The maximum atomic E-state index is 10.6. The molecule has 7 nitrogen and oxygen atoms in total. The van der Waals surface area contributed by atoms with Gasteiger partial charge in [-0.25, -0.2) is 4.98 Å². The van der Waals surface area contributed by atoms with E-state index in [1.165, 1.54) is 12.3 Å². The number of hydrogen-bond acceptors (Lipinski definition) is 6. The number of aromatic nitrogens is 2. The van der Waals surface area contributed by atoms with Crippen molar-refractivity contribution in [3.05, 3.63) is 43.9 Å². The Labute approximate surface area is 130 Å². The van der Waals surface area contributed by atoms with Crippen LogP contribution in [0.5, 0.6) is 0 Å². The maximum Gasteiger partial charge on any atom is 0.288 e. The van der Waals surface area contributed by atoms with Crippen LogP contribution >= 0.6 is 15.9 Å². The number of nitro groups is 1. The first kappa shape index (κ1) is 15.4. The molecule has 1 N–H and O–H groups in total. The van der Waals surface area contributed by atoms with Crippen molar-refractivity contribution in [1.29, 1.82) is 0 Å². The molecule has 0 amide bonds. The van der Waals surface area contributed by atoms with Crippen LogP contribution in [0.1, 0.15) is 23.4 Å². The Hall–Kier alpha value is -1.96. The van der Waals surface area contributed by atoms with E-state index in [1.807, 2.05) is 13.8 Å². The van der Waals surface area contributed by atoms with Crippen molar-refractivity contribution < 1.29 is 9.45 Å². The molecule has 0 saturated carbocycles. The fourth-order valence-corrected chi connectivity index (χ4v) is 2.47. The van der Waals surface area contributed by atoms with Gasteiger partial charge in [-0.2, -0.15) is 0 Å². The Bertz CT molecular complexity index is 637. The summed E-state index contributed by atoms with van der Waals surface area (Å²) in [4.78, 5) is 14.2. The molecule has 0 fully saturated rings. The zero-order valence-corrected chi connectivity index (χ0v) is 13.3. The molecule has 0 aromatic carbocycles. The summed E-state index contributed by atoms with van der Waals surface area (Å²) in [6.45, 7) is 4.53. The topological polar surface area (TPSA) is 94.1 Å². The van der Waals surface area contributed by atoms with Crippen molar-refractivity contribution in [2.24, 2.45) is 0 Å². The molecule has 112 valence electrons. The van der Waals surface area contributed by atoms with Crippen LogP contribution in [-0.2, 0) is 6.42 Å². The molecule has 8 heteroatoms. The van der Waals surface area contributed by atoms with E-state index in [4.69, 9.17) is 4.52 Å². The molecule has 0 unspecified atom stereocenters. The van der Waals surface area contributed by atoms with Gasteiger partial charge in [0.05, 0.1) is 15.1 Å². The van der Waals surface area contributed by atoms with Gasteiger partial charge in [-0.1, -0.05) is 5.16 Å². The van der Waals surface area contributed by atoms with E-state index in [-0.39, 0.29) is 5.69 Å². The van der Waals surface area contributed by atoms with Crippen molar-refractivity contribution in [3.8, 4) is 0 Å². The molecule has 21 heavy (non-hydrogen) atoms. The zero-order valence-electron chi connectivity index (χ0n) is 11.7. The Balaban J connectivity index is 1.88. The summed E-state index contributed by atoms with van der Waals surface area (Å²) < 4.78 is 5.69. The van der Waals surface area contributed by atoms with Crippen LogP contribution in [0.3, 0.4) is 0 Å². The van der Waals surface area contributed by atoms with E-state index in [0.717, 1.165) is 29.9 Å². The molecule has 0 radical (unpaired) electrons. The van der Waals surface area contributed by atoms with E-state index in [0.29, 0.717) is 16.8 Å². The molecule has 0 spiro atoms. The molecule has 2 aromatic rings. The van der Waals surface area contributed by atoms with E-state index >= 15 is 0 Å². The van der Waals surface area contributed by atoms with Gasteiger partial charge in [-0.3, -0.25) is 10.1 Å². The monoisotopic (exact) mass is 354 g/mol. The highest BCUT2D eigenvalue weighted by Gasteiger charge is 2.11. The molecule has 0 bridgehead atoms. The molecule has 0 atom stereocenters. The van der Waals surface area contributed by atoms with Crippen molar-refractivity contribution >= 4 is 27.4 Å². The minimum Gasteiger partial charge on any atom is -0.369 e. The number of nitrogens with zero attached hydrogens (tertiary/aromatic N) is 3. The van der Waals surface area contributed by atoms with Crippen LogP contribution in [0.15, 0.2) is 21.3 Å². The highest BCUT2D eigenvalue weighted by Crippen LogP contribution is 2.24. The predicted octanol–water partition coefficient (Wildman–Crippen LogP) is 3.40. The Morgan fingerprint density at radius 3 is 2.81 bits per heavy atom. The lowest BCUT2D eigenvalue weighted by molar-refractivity contribution is -0.385. The molecular weight excluding hydrogens is 340 g/mol. The summed E-state index contributed by atoms with van der Waals surface area (Å²) in [5.74, 6) is 1.45. The van der Waals surface area contributed by atoms with Gasteiger partial charge in [0.1, 0.15) is 17.8 Å². The second-order valence-corrected chi connectivity index (χ2v) is 5.47. The Morgan fingerprint density at radius 2 is 2.24 bits per heavy atom. The SMILES string of the molecule is Cc1noc(C)c1CCCNc1ncc([N+](=O)[O-])cc1Br. The molecule has 0 aliphatic heterocycles. The summed E-state index contributed by atoms with van der Waals surface area (Å²) in [6.07, 6.45) is 2.98. The number of halogens is 1. The smallest absolute Gasteiger partial charge is 0.288 e. The minimum atomic E-state index is -0.473. The van der Waals surface area contributed by atoms with Gasteiger partial charge in [0.2, 0.25) is 0 Å². The van der Waals surface area contributed by atoms with Crippen LogP contribution in [0.4, 0.5) is 11.5 Å². The van der Waals surface area contributed by atoms with Gasteiger partial charge in [-0.15, -0.1) is 0 Å². The van der Waals surface area contributed by atoms with Crippen LogP contribution in [0.25, 0.3) is 0 Å². The molecular formula is C13H15BrN4O3. The minimum absolute atomic E-state index is 0.0388.